The fourth-order valence-electron chi connectivity index (χ4n) is 5.73. The van der Waals surface area contributed by atoms with Crippen molar-refractivity contribution in [3.8, 4) is 33.4 Å². The smallest absolute Gasteiger partial charge is 0.147 e. The standard InChI is InChI=1S/C25H17.C5H5.C3H6.2ClH.Zr/c1-3-9-18(10-4-1)21-16-23(19-11-5-2-6-12-19)25-15-20-13-7-8-14-22(20)24(25)17-21;1-2-4-5-3-1;1-3-2;;;/h1-17H;1-3H,4H2;1-2H3;2*1H;. The molecule has 3 heteroatoms. The third-order valence-electron chi connectivity index (χ3n) is 7.17. The van der Waals surface area contributed by atoms with Gasteiger partial charge in [-0.25, -0.2) is 0 Å². The average molecular weight is 589 g/mol. The molecule has 2 aliphatic rings. The van der Waals surface area contributed by atoms with Gasteiger partial charge in [0.05, 0.1) is 0 Å². The Bertz CT molecular complexity index is 1480. The number of benzene rings is 4. The van der Waals surface area contributed by atoms with Gasteiger partial charge in [-0.2, -0.15) is 0 Å². The van der Waals surface area contributed by atoms with Crippen molar-refractivity contribution in [2.45, 2.75) is 23.9 Å². The maximum atomic E-state index is 2.46. The fourth-order valence-corrected chi connectivity index (χ4v) is 14.0. The summed E-state index contributed by atoms with van der Waals surface area (Å²) in [5.74, 6) is 0. The molecule has 0 N–H and O–H groups in total. The number of rotatable bonds is 4. The van der Waals surface area contributed by atoms with Crippen molar-refractivity contribution in [3.63, 3.8) is 0 Å². The maximum Gasteiger partial charge on any atom is -0.147 e. The Balaban J connectivity index is 0.00000152. The molecule has 1 unspecified atom stereocenters. The zero-order valence-electron chi connectivity index (χ0n) is 20.6. The zero-order valence-corrected chi connectivity index (χ0v) is 24.7. The Hall–Kier alpha value is -2.31. The van der Waals surface area contributed by atoms with Crippen LogP contribution in [0, 0.1) is 0 Å². The summed E-state index contributed by atoms with van der Waals surface area (Å²) in [6.45, 7) is 4.80. The zero-order chi connectivity index (χ0) is 23.1. The molecule has 2 aliphatic carbocycles. The van der Waals surface area contributed by atoms with Gasteiger partial charge in [0.15, 0.2) is 0 Å². The summed E-state index contributed by atoms with van der Waals surface area (Å²) in [5, 5.41) is 0. The summed E-state index contributed by atoms with van der Waals surface area (Å²) in [6, 6.07) is 36.0. The van der Waals surface area contributed by atoms with E-state index < -0.39 is 21.3 Å². The van der Waals surface area contributed by atoms with E-state index in [-0.39, 0.29) is 24.8 Å². The van der Waals surface area contributed by atoms with Crippen LogP contribution < -0.4 is 0 Å². The van der Waals surface area contributed by atoms with Crippen molar-refractivity contribution in [1.29, 1.82) is 0 Å². The van der Waals surface area contributed by atoms with Gasteiger partial charge in [-0.1, -0.05) is 0 Å². The number of hydrogen-bond donors (Lipinski definition) is 0. The number of fused-ring (bicyclic) bond motifs is 3. The van der Waals surface area contributed by atoms with Gasteiger partial charge in [0.1, 0.15) is 0 Å². The van der Waals surface area contributed by atoms with Crippen molar-refractivity contribution >= 4 is 28.0 Å². The Morgan fingerprint density at radius 2 is 1.28 bits per heavy atom. The van der Waals surface area contributed by atoms with E-state index in [4.69, 9.17) is 0 Å². The Labute approximate surface area is 234 Å². The minimum Gasteiger partial charge on any atom is -0.147 e. The van der Waals surface area contributed by atoms with Crippen LogP contribution in [0.15, 0.2) is 119 Å². The molecular weight excluding hydrogens is 558 g/mol. The minimum absolute atomic E-state index is 0. The SMILES string of the molecule is C[C](C)=[Zr]([C]1=CC=CC1)[CH]1c2ccccc2-c2cc(-c3ccccc3)cc(-c3ccccc3)c21.Cl.Cl. The number of hydrogen-bond acceptors (Lipinski definition) is 0. The molecule has 0 radical (unpaired) electrons. The first-order valence-electron chi connectivity index (χ1n) is 12.1. The summed E-state index contributed by atoms with van der Waals surface area (Å²) in [4.78, 5) is 0. The predicted octanol–water partition coefficient (Wildman–Crippen LogP) is 9.61. The molecule has 0 spiro atoms. The van der Waals surface area contributed by atoms with Crippen LogP contribution in [0.2, 0.25) is 0 Å². The largest absolute Gasteiger partial charge is 0.147 e. The summed E-state index contributed by atoms with van der Waals surface area (Å²) in [7, 11) is 0. The Kier molecular flexibility index (Phi) is 8.46. The molecule has 0 saturated heterocycles. The van der Waals surface area contributed by atoms with Gasteiger partial charge in [0.25, 0.3) is 0 Å². The van der Waals surface area contributed by atoms with Crippen molar-refractivity contribution in [2.75, 3.05) is 0 Å². The van der Waals surface area contributed by atoms with Crippen LogP contribution in [0.1, 0.15) is 35.0 Å². The topological polar surface area (TPSA) is 0 Å². The number of allylic oxidation sites excluding steroid dienone is 4. The molecule has 0 bridgehead atoms. The van der Waals surface area contributed by atoms with E-state index in [1.807, 2.05) is 0 Å². The van der Waals surface area contributed by atoms with E-state index in [0.717, 1.165) is 6.42 Å². The number of halogens is 2. The van der Waals surface area contributed by atoms with Crippen LogP contribution in [-0.4, -0.2) is 3.21 Å². The summed E-state index contributed by atoms with van der Waals surface area (Å²) >= 11 is -2.16. The van der Waals surface area contributed by atoms with E-state index in [1.54, 1.807) is 17.6 Å². The van der Waals surface area contributed by atoms with Gasteiger partial charge in [-0.05, 0) is 0 Å². The Morgan fingerprint density at radius 1 is 0.667 bits per heavy atom. The molecule has 0 nitrogen and oxygen atoms in total. The van der Waals surface area contributed by atoms with Gasteiger partial charge < -0.3 is 0 Å². The van der Waals surface area contributed by atoms with Crippen LogP contribution in [0.4, 0.5) is 0 Å². The monoisotopic (exact) mass is 586 g/mol. The van der Waals surface area contributed by atoms with E-state index in [9.17, 15) is 0 Å². The third-order valence-corrected chi connectivity index (χ3v) is 15.3. The maximum absolute atomic E-state index is 2.46. The molecule has 0 heterocycles. The summed E-state index contributed by atoms with van der Waals surface area (Å²) < 4.78 is 3.92. The molecule has 0 aromatic heterocycles. The summed E-state index contributed by atoms with van der Waals surface area (Å²) in [5.41, 5.74) is 11.3. The molecular formula is C33H30Cl2Zr. The van der Waals surface area contributed by atoms with Crippen LogP contribution in [0.5, 0.6) is 0 Å². The van der Waals surface area contributed by atoms with Gasteiger partial charge in [-0.15, -0.1) is 24.8 Å². The molecule has 0 fully saturated rings. The second-order valence-corrected chi connectivity index (χ2v) is 17.0. The van der Waals surface area contributed by atoms with Crippen LogP contribution in [0.3, 0.4) is 0 Å². The van der Waals surface area contributed by atoms with Crippen LogP contribution >= 0.6 is 24.8 Å². The first-order valence-corrected chi connectivity index (χ1v) is 16.0. The van der Waals surface area contributed by atoms with Crippen LogP contribution in [-0.2, 0) is 21.3 Å². The summed E-state index contributed by atoms with van der Waals surface area (Å²) in [6.07, 6.45) is 8.19. The molecule has 4 aromatic rings. The van der Waals surface area contributed by atoms with Gasteiger partial charge in [0.2, 0.25) is 0 Å². The fraction of sp³-hybridized carbons (Fsp3) is 0.121. The molecule has 0 amide bonds. The Morgan fingerprint density at radius 3 is 1.92 bits per heavy atom. The average Bonchev–Trinajstić information content (AvgIpc) is 3.52. The second kappa shape index (κ2) is 11.4. The van der Waals surface area contributed by atoms with Crippen molar-refractivity contribution in [1.82, 2.24) is 0 Å². The first kappa shape index (κ1) is 26.7. The predicted molar refractivity (Wildman–Crippen MR) is 157 cm³/mol. The van der Waals surface area contributed by atoms with Crippen molar-refractivity contribution < 1.29 is 21.3 Å². The molecule has 0 saturated carbocycles. The van der Waals surface area contributed by atoms with Gasteiger partial charge >= 0.3 is 211 Å². The van der Waals surface area contributed by atoms with Crippen molar-refractivity contribution in [2.24, 2.45) is 0 Å². The van der Waals surface area contributed by atoms with E-state index in [0.29, 0.717) is 3.63 Å². The normalized spacial score (nSPS) is 14.7. The van der Waals surface area contributed by atoms with Crippen LogP contribution in [0.25, 0.3) is 33.4 Å². The van der Waals surface area contributed by atoms with Crippen molar-refractivity contribution in [3.05, 3.63) is 130 Å². The quantitative estimate of drug-likeness (QED) is 0.223. The van der Waals surface area contributed by atoms with Gasteiger partial charge in [-0.3, -0.25) is 0 Å². The van der Waals surface area contributed by atoms with E-state index in [1.165, 1.54) is 33.4 Å². The minimum atomic E-state index is -2.16. The van der Waals surface area contributed by atoms with Gasteiger partial charge in [0, 0.05) is 0 Å². The van der Waals surface area contributed by atoms with E-state index in [2.05, 4.69) is 129 Å². The molecule has 36 heavy (non-hydrogen) atoms. The third kappa shape index (κ3) is 4.70. The first-order chi connectivity index (χ1) is 16.7. The molecule has 0 aliphatic heterocycles. The molecule has 6 rings (SSSR count). The molecule has 180 valence electrons. The second-order valence-electron chi connectivity index (χ2n) is 9.48. The molecule has 1 atom stereocenters. The van der Waals surface area contributed by atoms with E-state index >= 15 is 0 Å². The molecule has 4 aromatic carbocycles.